The fraction of sp³-hybridized carbons (Fsp3) is 0.556. The Balaban J connectivity index is 1.76. The Labute approximate surface area is 153 Å². The normalized spacial score (nSPS) is 23.5. The number of aromatic nitrogens is 2. The van der Waals surface area contributed by atoms with Crippen LogP contribution in [-0.2, 0) is 9.57 Å². The lowest BCUT2D eigenvalue weighted by Crippen LogP contribution is -2.59. The van der Waals surface area contributed by atoms with E-state index in [2.05, 4.69) is 24.3 Å². The molecule has 0 bridgehead atoms. The maximum Gasteiger partial charge on any atom is 0.252 e. The van der Waals surface area contributed by atoms with E-state index < -0.39 is 5.91 Å². The van der Waals surface area contributed by atoms with Crippen LogP contribution in [0.15, 0.2) is 24.5 Å². The van der Waals surface area contributed by atoms with Crippen LogP contribution in [0.3, 0.4) is 0 Å². The number of nitrogens with zero attached hydrogens (tertiary/aromatic N) is 3. The number of amides is 1. The summed E-state index contributed by atoms with van der Waals surface area (Å²) in [7, 11) is 1.76. The van der Waals surface area contributed by atoms with Crippen LogP contribution in [0.25, 0.3) is 5.52 Å². The van der Waals surface area contributed by atoms with E-state index in [1.807, 2.05) is 18.3 Å². The molecule has 1 aliphatic rings. The minimum Gasteiger partial charge on any atom is -0.380 e. The fourth-order valence-corrected chi connectivity index (χ4v) is 3.68. The first-order valence-corrected chi connectivity index (χ1v) is 8.97. The van der Waals surface area contributed by atoms with E-state index in [4.69, 9.17) is 15.3 Å². The molecule has 0 aliphatic carbocycles. The van der Waals surface area contributed by atoms with Gasteiger partial charge in [0.2, 0.25) is 0 Å². The summed E-state index contributed by atoms with van der Waals surface area (Å²) in [6, 6.07) is 3.78. The van der Waals surface area contributed by atoms with E-state index in [1.165, 1.54) is 6.20 Å². The molecule has 2 unspecified atom stereocenters. The lowest BCUT2D eigenvalue weighted by Gasteiger charge is -2.41. The molecule has 1 fully saturated rings. The lowest BCUT2D eigenvalue weighted by molar-refractivity contribution is -1.11. The van der Waals surface area contributed by atoms with Crippen LogP contribution in [0.2, 0.25) is 0 Å². The molecule has 1 saturated heterocycles. The summed E-state index contributed by atoms with van der Waals surface area (Å²) in [5, 5.41) is 7.56. The predicted octanol–water partition coefficient (Wildman–Crippen LogP) is 1.28. The molecular formula is C18H28N5O3+. The highest BCUT2D eigenvalue weighted by molar-refractivity contribution is 6.01. The number of carbonyl (C=O) groups excluding carboxylic acids is 1. The summed E-state index contributed by atoms with van der Waals surface area (Å²) < 4.78 is 8.24. The number of rotatable bonds is 7. The Bertz CT molecular complexity index is 775. The second-order valence-electron chi connectivity index (χ2n) is 7.23. The molecule has 0 saturated carbocycles. The summed E-state index contributed by atoms with van der Waals surface area (Å²) in [5.74, 6) is 0.0266. The van der Waals surface area contributed by atoms with Gasteiger partial charge in [-0.1, -0.05) is 13.8 Å². The molecule has 8 heteroatoms. The molecule has 0 aromatic carbocycles. The van der Waals surface area contributed by atoms with E-state index in [9.17, 15) is 4.79 Å². The Hall–Kier alpha value is -2.16. The summed E-state index contributed by atoms with van der Waals surface area (Å²) in [4.78, 5) is 17.6. The number of ether oxygens (including phenoxy) is 1. The molecule has 26 heavy (non-hydrogen) atoms. The van der Waals surface area contributed by atoms with Crippen molar-refractivity contribution in [1.82, 2.24) is 9.61 Å². The van der Waals surface area contributed by atoms with Crippen molar-refractivity contribution in [3.8, 4) is 0 Å². The molecule has 3 N–H and O–H groups in total. The number of carbonyl (C=O) groups is 1. The highest BCUT2D eigenvalue weighted by atomic mass is 16.7. The fourth-order valence-electron chi connectivity index (χ4n) is 3.68. The third-order valence-electron chi connectivity index (χ3n) is 4.81. The zero-order chi connectivity index (χ0) is 18.7. The van der Waals surface area contributed by atoms with Gasteiger partial charge in [0.25, 0.3) is 5.91 Å². The second-order valence-corrected chi connectivity index (χ2v) is 7.23. The monoisotopic (exact) mass is 362 g/mol. The number of nitrogens with one attached hydrogen (secondary N) is 1. The van der Waals surface area contributed by atoms with Crippen molar-refractivity contribution in [1.29, 1.82) is 0 Å². The molecule has 1 amide bonds. The highest BCUT2D eigenvalue weighted by Crippen LogP contribution is 2.23. The van der Waals surface area contributed by atoms with Crippen LogP contribution in [0.1, 0.15) is 24.2 Å². The molecule has 0 radical (unpaired) electrons. The average molecular weight is 362 g/mol. The van der Waals surface area contributed by atoms with E-state index in [1.54, 1.807) is 11.6 Å². The number of primary amides is 1. The van der Waals surface area contributed by atoms with Crippen molar-refractivity contribution in [2.24, 2.45) is 11.7 Å². The van der Waals surface area contributed by atoms with Crippen molar-refractivity contribution >= 4 is 17.1 Å². The number of nitrogens with two attached hydrogens (primary N) is 1. The van der Waals surface area contributed by atoms with Gasteiger partial charge in [0.1, 0.15) is 25.7 Å². The topological polar surface area (TPSA) is 90.9 Å². The molecule has 8 nitrogen and oxygen atoms in total. The maximum absolute atomic E-state index is 11.8. The number of anilines is 1. The van der Waals surface area contributed by atoms with Crippen LogP contribution in [-0.4, -0.2) is 66.2 Å². The number of morpholine rings is 1. The number of quaternary nitrogens is 1. The molecule has 3 rings (SSSR count). The largest absolute Gasteiger partial charge is 0.380 e. The van der Waals surface area contributed by atoms with Crippen molar-refractivity contribution in [2.75, 3.05) is 45.2 Å². The van der Waals surface area contributed by atoms with Crippen LogP contribution >= 0.6 is 0 Å². The first-order chi connectivity index (χ1) is 12.4. The van der Waals surface area contributed by atoms with Crippen molar-refractivity contribution in [2.45, 2.75) is 20.0 Å². The Morgan fingerprint density at radius 1 is 1.58 bits per heavy atom. The standard InChI is InChI=1S/C18H27N5O3/c1-13(2)11-23(25-3)7-8-26-14(12-23)9-20-17-15(18(19)24)10-21-22-6-4-5-16(17)22/h4-6,10,13-14H,7-9,11-12H2,1-3H3,(H2-,19,20,21,24)/p+1. The Kier molecular flexibility index (Phi) is 5.45. The van der Waals surface area contributed by atoms with Gasteiger partial charge in [-0.3, -0.25) is 4.79 Å². The Morgan fingerprint density at radius 3 is 3.08 bits per heavy atom. The van der Waals surface area contributed by atoms with Gasteiger partial charge in [-0.25, -0.2) is 9.35 Å². The molecule has 2 atom stereocenters. The highest BCUT2D eigenvalue weighted by Gasteiger charge is 2.37. The lowest BCUT2D eigenvalue weighted by atomic mass is 10.1. The summed E-state index contributed by atoms with van der Waals surface area (Å²) in [6.07, 6.45) is 3.30. The number of hydrogen-bond acceptors (Lipinski definition) is 5. The van der Waals surface area contributed by atoms with Crippen LogP contribution in [0.5, 0.6) is 0 Å². The number of hydroxylamine groups is 3. The zero-order valence-corrected chi connectivity index (χ0v) is 15.6. The van der Waals surface area contributed by atoms with Gasteiger partial charge in [0.15, 0.2) is 0 Å². The smallest absolute Gasteiger partial charge is 0.252 e. The van der Waals surface area contributed by atoms with Gasteiger partial charge in [-0.05, 0) is 12.1 Å². The van der Waals surface area contributed by atoms with E-state index in [0.717, 1.165) is 25.2 Å². The van der Waals surface area contributed by atoms with Gasteiger partial charge >= 0.3 is 0 Å². The SMILES string of the molecule is CO[N+]1(CC(C)C)CCOC(CNc2c(C(N)=O)cnn3cccc23)C1. The van der Waals surface area contributed by atoms with Crippen LogP contribution in [0, 0.1) is 5.92 Å². The van der Waals surface area contributed by atoms with E-state index >= 15 is 0 Å². The first kappa shape index (κ1) is 18.6. The molecule has 142 valence electrons. The van der Waals surface area contributed by atoms with E-state index in [0.29, 0.717) is 35.0 Å². The third-order valence-corrected chi connectivity index (χ3v) is 4.81. The van der Waals surface area contributed by atoms with Gasteiger partial charge in [-0.2, -0.15) is 9.75 Å². The molecule has 3 heterocycles. The first-order valence-electron chi connectivity index (χ1n) is 8.97. The molecule has 1 aliphatic heterocycles. The minimum absolute atomic E-state index is 0.0219. The predicted molar refractivity (Wildman–Crippen MR) is 98.6 cm³/mol. The molecule has 0 spiro atoms. The summed E-state index contributed by atoms with van der Waals surface area (Å²) in [6.45, 7) is 8.15. The average Bonchev–Trinajstić information content (AvgIpc) is 3.08. The zero-order valence-electron chi connectivity index (χ0n) is 15.6. The second kappa shape index (κ2) is 7.61. The summed E-state index contributed by atoms with van der Waals surface area (Å²) in [5.41, 5.74) is 7.39. The van der Waals surface area contributed by atoms with Gasteiger partial charge in [0.05, 0.1) is 36.7 Å². The van der Waals surface area contributed by atoms with Gasteiger partial charge in [-0.15, -0.1) is 0 Å². The molecular weight excluding hydrogens is 334 g/mol. The minimum atomic E-state index is -0.505. The Morgan fingerprint density at radius 2 is 2.38 bits per heavy atom. The van der Waals surface area contributed by atoms with Gasteiger partial charge in [0, 0.05) is 18.7 Å². The summed E-state index contributed by atoms with van der Waals surface area (Å²) >= 11 is 0. The number of fused-ring (bicyclic) bond motifs is 1. The van der Waals surface area contributed by atoms with Crippen LogP contribution in [0.4, 0.5) is 5.69 Å². The third kappa shape index (κ3) is 3.82. The van der Waals surface area contributed by atoms with E-state index in [-0.39, 0.29) is 6.10 Å². The maximum atomic E-state index is 11.8. The molecule has 2 aromatic rings. The molecule has 2 aromatic heterocycles. The quantitative estimate of drug-likeness (QED) is 0.724. The van der Waals surface area contributed by atoms with Crippen LogP contribution < -0.4 is 11.1 Å². The van der Waals surface area contributed by atoms with Crippen molar-refractivity contribution < 1.29 is 19.0 Å². The van der Waals surface area contributed by atoms with Crippen molar-refractivity contribution in [3.63, 3.8) is 0 Å². The number of hydrogen-bond donors (Lipinski definition) is 2. The van der Waals surface area contributed by atoms with Gasteiger partial charge < -0.3 is 15.8 Å². The van der Waals surface area contributed by atoms with Crippen molar-refractivity contribution in [3.05, 3.63) is 30.1 Å².